The summed E-state index contributed by atoms with van der Waals surface area (Å²) >= 11 is 1.05. The average Bonchev–Trinajstić information content (AvgIpc) is 2.79. The number of carbonyl (C=O) groups excluding carboxylic acids is 1. The first-order valence-electron chi connectivity index (χ1n) is 5.38. The average molecular weight is 298 g/mol. The second-order valence-electron chi connectivity index (χ2n) is 3.80. The van der Waals surface area contributed by atoms with Crippen molar-refractivity contribution in [2.75, 3.05) is 5.32 Å². The summed E-state index contributed by atoms with van der Waals surface area (Å²) in [5.41, 5.74) is 0.252. The van der Waals surface area contributed by atoms with Gasteiger partial charge in [-0.15, -0.1) is 11.3 Å². The van der Waals surface area contributed by atoms with E-state index in [1.807, 2.05) is 0 Å². The summed E-state index contributed by atoms with van der Waals surface area (Å²) in [6.45, 7) is 0. The number of carboxylic acid groups (broad SMARTS) is 1. The van der Waals surface area contributed by atoms with Crippen molar-refractivity contribution < 1.29 is 23.5 Å². The number of aliphatic carboxylic acids is 1. The highest BCUT2D eigenvalue weighted by molar-refractivity contribution is 7.14. The van der Waals surface area contributed by atoms with Gasteiger partial charge in [-0.05, 0) is 18.2 Å². The van der Waals surface area contributed by atoms with E-state index in [1.165, 1.54) is 5.38 Å². The highest BCUT2D eigenvalue weighted by Gasteiger charge is 2.12. The summed E-state index contributed by atoms with van der Waals surface area (Å²) < 4.78 is 25.7. The van der Waals surface area contributed by atoms with Gasteiger partial charge < -0.3 is 5.11 Å². The first-order valence-corrected chi connectivity index (χ1v) is 6.26. The van der Waals surface area contributed by atoms with Crippen LogP contribution in [-0.2, 0) is 11.2 Å². The Bertz CT molecular complexity index is 672. The third kappa shape index (κ3) is 3.35. The second-order valence-corrected chi connectivity index (χ2v) is 4.66. The molecule has 0 aliphatic carbocycles. The van der Waals surface area contributed by atoms with Crippen molar-refractivity contribution in [1.29, 1.82) is 0 Å². The molecule has 104 valence electrons. The largest absolute Gasteiger partial charge is 0.481 e. The minimum atomic E-state index is -1.12. The smallest absolute Gasteiger partial charge is 0.309 e. The number of aromatic nitrogens is 1. The van der Waals surface area contributed by atoms with Crippen molar-refractivity contribution in [3.05, 3.63) is 46.5 Å². The SMILES string of the molecule is O=C(O)Cc1csc(NC(=O)c2ccc(F)c(F)c2)n1. The Morgan fingerprint density at radius 2 is 2.05 bits per heavy atom. The van der Waals surface area contributed by atoms with Crippen molar-refractivity contribution in [3.63, 3.8) is 0 Å². The lowest BCUT2D eigenvalue weighted by Crippen LogP contribution is -2.12. The fourth-order valence-corrected chi connectivity index (χ4v) is 2.11. The van der Waals surface area contributed by atoms with E-state index in [2.05, 4.69) is 10.3 Å². The molecule has 20 heavy (non-hydrogen) atoms. The molecular formula is C12H8F2N2O3S. The molecule has 0 aliphatic rings. The minimum absolute atomic E-state index is 0.0566. The van der Waals surface area contributed by atoms with Crippen LogP contribution in [0, 0.1) is 11.6 Å². The maximum atomic E-state index is 13.0. The van der Waals surface area contributed by atoms with Gasteiger partial charge >= 0.3 is 5.97 Å². The molecule has 2 aromatic rings. The zero-order valence-electron chi connectivity index (χ0n) is 9.89. The number of thiazole rings is 1. The standard InChI is InChI=1S/C12H8F2N2O3S/c13-8-2-1-6(3-9(8)14)11(19)16-12-15-7(5-20-12)4-10(17)18/h1-3,5H,4H2,(H,17,18)(H,15,16,19). The molecule has 0 unspecified atom stereocenters. The number of halogens is 2. The quantitative estimate of drug-likeness (QED) is 0.907. The zero-order valence-corrected chi connectivity index (χ0v) is 10.7. The number of rotatable bonds is 4. The molecule has 1 heterocycles. The van der Waals surface area contributed by atoms with Gasteiger partial charge in [0.25, 0.3) is 5.91 Å². The lowest BCUT2D eigenvalue weighted by molar-refractivity contribution is -0.136. The predicted molar refractivity (Wildman–Crippen MR) is 67.8 cm³/mol. The normalized spacial score (nSPS) is 10.3. The Kier molecular flexibility index (Phi) is 4.04. The van der Waals surface area contributed by atoms with Crippen LogP contribution in [-0.4, -0.2) is 22.0 Å². The molecule has 0 aliphatic heterocycles. The first kappa shape index (κ1) is 14.1. The van der Waals surface area contributed by atoms with Gasteiger partial charge in [0.05, 0.1) is 12.1 Å². The minimum Gasteiger partial charge on any atom is -0.481 e. The molecule has 8 heteroatoms. The van der Waals surface area contributed by atoms with Crippen molar-refractivity contribution in [2.45, 2.75) is 6.42 Å². The summed E-state index contributed by atoms with van der Waals surface area (Å²) in [5.74, 6) is -3.85. The monoisotopic (exact) mass is 298 g/mol. The van der Waals surface area contributed by atoms with E-state index in [-0.39, 0.29) is 17.1 Å². The topological polar surface area (TPSA) is 79.3 Å². The van der Waals surface area contributed by atoms with Crippen LogP contribution in [0.3, 0.4) is 0 Å². The molecular weight excluding hydrogens is 290 g/mol. The number of carbonyl (C=O) groups is 2. The van der Waals surface area contributed by atoms with E-state index in [9.17, 15) is 18.4 Å². The van der Waals surface area contributed by atoms with E-state index in [0.717, 1.165) is 29.5 Å². The highest BCUT2D eigenvalue weighted by atomic mass is 32.1. The van der Waals surface area contributed by atoms with Crippen molar-refractivity contribution in [2.24, 2.45) is 0 Å². The van der Waals surface area contributed by atoms with Crippen LogP contribution in [0.2, 0.25) is 0 Å². The second kappa shape index (κ2) is 5.74. The molecule has 0 bridgehead atoms. The number of anilines is 1. The third-order valence-electron chi connectivity index (χ3n) is 2.29. The zero-order chi connectivity index (χ0) is 14.7. The number of nitrogens with one attached hydrogen (secondary N) is 1. The van der Waals surface area contributed by atoms with Gasteiger partial charge in [-0.2, -0.15) is 0 Å². The maximum absolute atomic E-state index is 13.0. The first-order chi connectivity index (χ1) is 9.45. The fraction of sp³-hybridized carbons (Fsp3) is 0.0833. The molecule has 0 saturated heterocycles. The van der Waals surface area contributed by atoms with Crippen LogP contribution < -0.4 is 5.32 Å². The number of hydrogen-bond acceptors (Lipinski definition) is 4. The molecule has 0 atom stereocenters. The van der Waals surface area contributed by atoms with Gasteiger partial charge in [0.15, 0.2) is 16.8 Å². The Morgan fingerprint density at radius 3 is 2.70 bits per heavy atom. The molecule has 2 N–H and O–H groups in total. The molecule has 1 aromatic carbocycles. The third-order valence-corrected chi connectivity index (χ3v) is 3.09. The molecule has 0 radical (unpaired) electrons. The van der Waals surface area contributed by atoms with Crippen LogP contribution >= 0.6 is 11.3 Å². The van der Waals surface area contributed by atoms with Crippen molar-refractivity contribution in [3.8, 4) is 0 Å². The molecule has 0 saturated carbocycles. The molecule has 2 rings (SSSR count). The summed E-state index contributed by atoms with van der Waals surface area (Å²) in [4.78, 5) is 26.1. The van der Waals surface area contributed by atoms with Crippen LogP contribution in [0.15, 0.2) is 23.6 Å². The Hall–Kier alpha value is -2.35. The number of hydrogen-bond donors (Lipinski definition) is 2. The lowest BCUT2D eigenvalue weighted by atomic mass is 10.2. The maximum Gasteiger partial charge on any atom is 0.309 e. The van der Waals surface area contributed by atoms with Crippen molar-refractivity contribution >= 4 is 28.3 Å². The highest BCUT2D eigenvalue weighted by Crippen LogP contribution is 2.17. The Balaban J connectivity index is 2.09. The molecule has 0 fully saturated rings. The predicted octanol–water partition coefficient (Wildman–Crippen LogP) is 2.30. The van der Waals surface area contributed by atoms with E-state index in [0.29, 0.717) is 5.69 Å². The van der Waals surface area contributed by atoms with Gasteiger partial charge in [-0.1, -0.05) is 0 Å². The summed E-state index contributed by atoms with van der Waals surface area (Å²) in [6, 6.07) is 2.76. The number of carboxylic acids is 1. The van der Waals surface area contributed by atoms with Gasteiger partial charge in [0, 0.05) is 10.9 Å². The molecule has 0 spiro atoms. The van der Waals surface area contributed by atoms with Crippen LogP contribution in [0.5, 0.6) is 0 Å². The molecule has 5 nitrogen and oxygen atoms in total. The molecule has 1 amide bonds. The van der Waals surface area contributed by atoms with Gasteiger partial charge in [-0.3, -0.25) is 14.9 Å². The number of amides is 1. The Labute approximate surface area is 115 Å². The van der Waals surface area contributed by atoms with E-state index in [1.54, 1.807) is 0 Å². The van der Waals surface area contributed by atoms with Gasteiger partial charge in [-0.25, -0.2) is 13.8 Å². The van der Waals surface area contributed by atoms with Crippen molar-refractivity contribution in [1.82, 2.24) is 4.98 Å². The van der Waals surface area contributed by atoms with E-state index in [4.69, 9.17) is 5.11 Å². The number of benzene rings is 1. The summed E-state index contributed by atoms with van der Waals surface area (Å²) in [5, 5.41) is 12.7. The summed E-state index contributed by atoms with van der Waals surface area (Å²) in [7, 11) is 0. The van der Waals surface area contributed by atoms with E-state index < -0.39 is 23.5 Å². The van der Waals surface area contributed by atoms with Crippen LogP contribution in [0.4, 0.5) is 13.9 Å². The lowest BCUT2D eigenvalue weighted by Gasteiger charge is -2.02. The van der Waals surface area contributed by atoms with Gasteiger partial charge in [0.2, 0.25) is 0 Å². The Morgan fingerprint density at radius 1 is 1.30 bits per heavy atom. The summed E-state index contributed by atoms with van der Waals surface area (Å²) in [6.07, 6.45) is -0.252. The van der Waals surface area contributed by atoms with Gasteiger partial charge in [0.1, 0.15) is 0 Å². The van der Waals surface area contributed by atoms with E-state index >= 15 is 0 Å². The molecule has 1 aromatic heterocycles. The van der Waals surface area contributed by atoms with Crippen LogP contribution in [0.1, 0.15) is 16.1 Å². The van der Waals surface area contributed by atoms with Crippen LogP contribution in [0.25, 0.3) is 0 Å². The fourth-order valence-electron chi connectivity index (χ4n) is 1.41. The number of nitrogens with zero attached hydrogens (tertiary/aromatic N) is 1.